The molecule has 1 aliphatic heterocycles. The highest BCUT2D eigenvalue weighted by Crippen LogP contribution is 2.30. The Hall–Kier alpha value is -4.34. The number of amides is 1. The van der Waals surface area contributed by atoms with Crippen molar-refractivity contribution >= 4 is 17.4 Å². The van der Waals surface area contributed by atoms with Crippen LogP contribution in [-0.4, -0.2) is 37.1 Å². The molecule has 1 aromatic heterocycles. The predicted octanol–water partition coefficient (Wildman–Crippen LogP) is 2.51. The van der Waals surface area contributed by atoms with Crippen molar-refractivity contribution in [3.63, 3.8) is 0 Å². The third-order valence-electron chi connectivity index (χ3n) is 5.96. The van der Waals surface area contributed by atoms with Crippen LogP contribution in [0.25, 0.3) is 11.1 Å². The van der Waals surface area contributed by atoms with Gasteiger partial charge in [0.25, 0.3) is 5.91 Å². The number of pyridine rings is 1. The summed E-state index contributed by atoms with van der Waals surface area (Å²) in [7, 11) is 0. The number of aryl methyl sites for hydroxylation is 1. The smallest absolute Gasteiger partial charge is 0.257 e. The van der Waals surface area contributed by atoms with E-state index >= 15 is 0 Å². The summed E-state index contributed by atoms with van der Waals surface area (Å²) in [6.07, 6.45) is 4.32. The second-order valence-corrected chi connectivity index (χ2v) is 8.89. The van der Waals surface area contributed by atoms with E-state index in [9.17, 15) is 15.3 Å². The van der Waals surface area contributed by atoms with Gasteiger partial charge in [-0.2, -0.15) is 10.5 Å². The molecule has 9 heteroatoms. The molecule has 2 heterocycles. The van der Waals surface area contributed by atoms with Gasteiger partial charge in [-0.1, -0.05) is 6.07 Å². The van der Waals surface area contributed by atoms with Gasteiger partial charge in [0.2, 0.25) is 0 Å². The minimum absolute atomic E-state index is 0.141. The van der Waals surface area contributed by atoms with Gasteiger partial charge in [0.05, 0.1) is 22.6 Å². The number of allylic oxidation sites excluding steroid dienone is 1. The number of carbonyl (C=O) groups is 1. The zero-order chi connectivity index (χ0) is 25.6. The summed E-state index contributed by atoms with van der Waals surface area (Å²) < 4.78 is 0. The Morgan fingerprint density at radius 2 is 1.97 bits per heavy atom. The van der Waals surface area contributed by atoms with Gasteiger partial charge >= 0.3 is 0 Å². The lowest BCUT2D eigenvalue weighted by atomic mass is 9.90. The number of nitriles is 2. The molecule has 1 aliphatic rings. The van der Waals surface area contributed by atoms with Crippen LogP contribution in [0.2, 0.25) is 0 Å². The Kier molecular flexibility index (Phi) is 7.75. The molecule has 0 atom stereocenters. The van der Waals surface area contributed by atoms with E-state index in [4.69, 9.17) is 11.5 Å². The number of aromatic nitrogens is 1. The Morgan fingerprint density at radius 3 is 2.60 bits per heavy atom. The number of rotatable bonds is 6. The first kappa shape index (κ1) is 25.3. The van der Waals surface area contributed by atoms with E-state index in [0.717, 1.165) is 49.1 Å². The molecule has 3 rings (SSSR count). The topological polar surface area (TPSA) is 157 Å². The molecule has 9 nitrogen and oxygen atoms in total. The quantitative estimate of drug-likeness (QED) is 0.370. The zero-order valence-electron chi connectivity index (χ0n) is 20.2. The number of benzene rings is 1. The number of anilines is 2. The van der Waals surface area contributed by atoms with Gasteiger partial charge in [0.15, 0.2) is 0 Å². The average Bonchev–Trinajstić information content (AvgIpc) is 2.88. The number of nitrogens with zero attached hydrogens (tertiary/aromatic N) is 4. The van der Waals surface area contributed by atoms with Gasteiger partial charge in [-0.15, -0.1) is 0 Å². The molecule has 2 aromatic rings. The standard InChI is InChI=1S/C26H30N8O/c1-17-4-5-21(33-25(35)19(14-28)11-23(30)26(2,3)16-29)12-22(17)20-10-18(13-27)24(32-15-20)34-8-6-31-7-9-34/h4-5,10-12,14-15,31H,6-9,28,30H2,1-3H3,(H,33,35)/b19-14+,23-11-. The molecule has 180 valence electrons. The summed E-state index contributed by atoms with van der Waals surface area (Å²) in [5.74, 6) is 0.228. The summed E-state index contributed by atoms with van der Waals surface area (Å²) in [5.41, 5.74) is 14.8. The summed E-state index contributed by atoms with van der Waals surface area (Å²) in [6.45, 7) is 8.57. The van der Waals surface area contributed by atoms with Crippen molar-refractivity contribution in [2.75, 3.05) is 36.4 Å². The van der Waals surface area contributed by atoms with Crippen LogP contribution in [0.1, 0.15) is 25.0 Å². The molecule has 0 aliphatic carbocycles. The fraction of sp³-hybridized carbons (Fsp3) is 0.308. The van der Waals surface area contributed by atoms with Gasteiger partial charge in [0.1, 0.15) is 11.9 Å². The summed E-state index contributed by atoms with van der Waals surface area (Å²) in [5, 5.41) is 25.1. The van der Waals surface area contributed by atoms with Gasteiger partial charge in [0, 0.05) is 55.5 Å². The molecule has 0 spiro atoms. The SMILES string of the molecule is Cc1ccc(NC(=O)C(/C=C(\N)C(C)(C)C#N)=C/N)cc1-c1cnc(N2CCNCC2)c(C#N)c1. The van der Waals surface area contributed by atoms with Gasteiger partial charge in [-0.3, -0.25) is 4.79 Å². The van der Waals surface area contributed by atoms with Crippen molar-refractivity contribution in [3.8, 4) is 23.3 Å². The molecule has 35 heavy (non-hydrogen) atoms. The zero-order valence-corrected chi connectivity index (χ0v) is 20.2. The van der Waals surface area contributed by atoms with Crippen molar-refractivity contribution in [1.82, 2.24) is 10.3 Å². The minimum Gasteiger partial charge on any atom is -0.404 e. The van der Waals surface area contributed by atoms with Crippen LogP contribution in [0.4, 0.5) is 11.5 Å². The summed E-state index contributed by atoms with van der Waals surface area (Å²) >= 11 is 0. The molecular weight excluding hydrogens is 440 g/mol. The largest absolute Gasteiger partial charge is 0.404 e. The molecule has 6 N–H and O–H groups in total. The first-order chi connectivity index (χ1) is 16.7. The van der Waals surface area contributed by atoms with E-state index in [1.807, 2.05) is 25.1 Å². The molecule has 0 radical (unpaired) electrons. The lowest BCUT2D eigenvalue weighted by molar-refractivity contribution is -0.112. The number of piperazine rings is 1. The molecule has 0 unspecified atom stereocenters. The number of hydrogen-bond donors (Lipinski definition) is 4. The maximum Gasteiger partial charge on any atom is 0.257 e. The Balaban J connectivity index is 1.88. The third kappa shape index (κ3) is 5.78. The van der Waals surface area contributed by atoms with Crippen LogP contribution in [0, 0.1) is 35.0 Å². The maximum atomic E-state index is 12.8. The van der Waals surface area contributed by atoms with Gasteiger partial charge < -0.3 is 27.0 Å². The second-order valence-electron chi connectivity index (χ2n) is 8.89. The molecule has 1 aromatic carbocycles. The van der Waals surface area contributed by atoms with Crippen LogP contribution in [0.5, 0.6) is 0 Å². The molecule has 1 amide bonds. The first-order valence-electron chi connectivity index (χ1n) is 11.3. The van der Waals surface area contributed by atoms with Crippen molar-refractivity contribution in [1.29, 1.82) is 10.5 Å². The Bertz CT molecular complexity index is 1260. The van der Waals surface area contributed by atoms with Crippen LogP contribution >= 0.6 is 0 Å². The van der Waals surface area contributed by atoms with E-state index in [1.165, 1.54) is 6.08 Å². The normalized spacial score (nSPS) is 14.7. The van der Waals surface area contributed by atoms with E-state index in [0.29, 0.717) is 17.1 Å². The Morgan fingerprint density at radius 1 is 1.26 bits per heavy atom. The fourth-order valence-corrected chi connectivity index (χ4v) is 3.63. The number of nitrogens with one attached hydrogen (secondary N) is 2. The van der Waals surface area contributed by atoms with E-state index in [-0.39, 0.29) is 11.3 Å². The third-order valence-corrected chi connectivity index (χ3v) is 5.96. The van der Waals surface area contributed by atoms with Crippen molar-refractivity contribution < 1.29 is 4.79 Å². The highest BCUT2D eigenvalue weighted by atomic mass is 16.1. The van der Waals surface area contributed by atoms with Crippen LogP contribution in [0.15, 0.2) is 54.0 Å². The lowest BCUT2D eigenvalue weighted by Gasteiger charge is -2.29. The maximum absolute atomic E-state index is 12.8. The highest BCUT2D eigenvalue weighted by molar-refractivity contribution is 6.06. The number of carbonyl (C=O) groups excluding carboxylic acids is 1. The van der Waals surface area contributed by atoms with Crippen molar-refractivity contribution in [2.24, 2.45) is 16.9 Å². The van der Waals surface area contributed by atoms with Crippen molar-refractivity contribution in [3.05, 3.63) is 65.1 Å². The average molecular weight is 471 g/mol. The van der Waals surface area contributed by atoms with Crippen LogP contribution in [-0.2, 0) is 4.79 Å². The monoisotopic (exact) mass is 470 g/mol. The minimum atomic E-state index is -0.937. The van der Waals surface area contributed by atoms with Crippen LogP contribution in [0.3, 0.4) is 0 Å². The molecule has 0 bridgehead atoms. The molecule has 0 saturated carbocycles. The highest BCUT2D eigenvalue weighted by Gasteiger charge is 2.22. The van der Waals surface area contributed by atoms with Crippen LogP contribution < -0.4 is 27.0 Å². The summed E-state index contributed by atoms with van der Waals surface area (Å²) in [4.78, 5) is 19.5. The second kappa shape index (κ2) is 10.7. The van der Waals surface area contributed by atoms with Crippen molar-refractivity contribution in [2.45, 2.75) is 20.8 Å². The summed E-state index contributed by atoms with van der Waals surface area (Å²) in [6, 6.07) is 11.7. The lowest BCUT2D eigenvalue weighted by Crippen LogP contribution is -2.44. The number of nitrogens with two attached hydrogens (primary N) is 2. The van der Waals surface area contributed by atoms with E-state index in [1.54, 1.807) is 26.1 Å². The first-order valence-corrected chi connectivity index (χ1v) is 11.3. The van der Waals surface area contributed by atoms with Gasteiger partial charge in [-0.05, 0) is 56.2 Å². The van der Waals surface area contributed by atoms with E-state index < -0.39 is 11.3 Å². The molecule has 1 fully saturated rings. The fourth-order valence-electron chi connectivity index (χ4n) is 3.63. The molecular formula is C26H30N8O. The van der Waals surface area contributed by atoms with Gasteiger partial charge in [-0.25, -0.2) is 4.98 Å². The molecule has 1 saturated heterocycles. The predicted molar refractivity (Wildman–Crippen MR) is 137 cm³/mol. The number of hydrogen-bond acceptors (Lipinski definition) is 8. The van der Waals surface area contributed by atoms with E-state index in [2.05, 4.69) is 32.7 Å². The Labute approximate surface area is 205 Å².